The Morgan fingerprint density at radius 2 is 2.25 bits per heavy atom. The summed E-state index contributed by atoms with van der Waals surface area (Å²) in [6.07, 6.45) is 0. The van der Waals surface area contributed by atoms with Gasteiger partial charge >= 0.3 is 0 Å². The van der Waals surface area contributed by atoms with Gasteiger partial charge in [0.25, 0.3) is 5.91 Å². The fourth-order valence-corrected chi connectivity index (χ4v) is 1.57. The molecule has 1 amide bonds. The van der Waals surface area contributed by atoms with E-state index in [4.69, 9.17) is 9.47 Å². The molecule has 0 N–H and O–H groups in total. The van der Waals surface area contributed by atoms with E-state index < -0.39 is 0 Å². The highest BCUT2D eigenvalue weighted by Gasteiger charge is 2.27. The number of benzene rings is 1. The van der Waals surface area contributed by atoms with Crippen LogP contribution >= 0.6 is 0 Å². The molecule has 1 aromatic rings. The van der Waals surface area contributed by atoms with Gasteiger partial charge < -0.3 is 14.4 Å². The Morgan fingerprint density at radius 3 is 2.81 bits per heavy atom. The van der Waals surface area contributed by atoms with Gasteiger partial charge in [-0.05, 0) is 18.2 Å². The normalized spacial score (nSPS) is 15.4. The van der Waals surface area contributed by atoms with Gasteiger partial charge in [0.2, 0.25) is 0 Å². The molecule has 0 radical (unpaired) electrons. The molecular formula is C12H15NO3. The second kappa shape index (κ2) is 4.53. The van der Waals surface area contributed by atoms with Crippen LogP contribution in [0.3, 0.4) is 0 Å². The first-order valence-electron chi connectivity index (χ1n) is 5.21. The number of likely N-dealkylation sites (N-methyl/N-ethyl adjacent to an activating group) is 1. The van der Waals surface area contributed by atoms with E-state index in [0.29, 0.717) is 24.5 Å². The quantitative estimate of drug-likeness (QED) is 0.769. The van der Waals surface area contributed by atoms with Crippen molar-refractivity contribution in [3.63, 3.8) is 0 Å². The van der Waals surface area contributed by atoms with Crippen LogP contribution in [-0.4, -0.2) is 44.2 Å². The first kappa shape index (κ1) is 11.0. The van der Waals surface area contributed by atoms with E-state index in [-0.39, 0.29) is 11.9 Å². The van der Waals surface area contributed by atoms with Crippen molar-refractivity contribution in [2.24, 2.45) is 0 Å². The van der Waals surface area contributed by atoms with Crippen molar-refractivity contribution in [1.29, 1.82) is 0 Å². The molecule has 0 spiro atoms. The number of methoxy groups -OCH3 is 1. The number of hydrogen-bond donors (Lipinski definition) is 0. The van der Waals surface area contributed by atoms with E-state index >= 15 is 0 Å². The Morgan fingerprint density at radius 1 is 1.50 bits per heavy atom. The van der Waals surface area contributed by atoms with Gasteiger partial charge in [0.1, 0.15) is 5.75 Å². The number of amides is 1. The molecular weight excluding hydrogens is 206 g/mol. The summed E-state index contributed by atoms with van der Waals surface area (Å²) in [5.41, 5.74) is 0.647. The fourth-order valence-electron chi connectivity index (χ4n) is 1.57. The van der Waals surface area contributed by atoms with Crippen LogP contribution in [0, 0.1) is 0 Å². The summed E-state index contributed by atoms with van der Waals surface area (Å²) in [7, 11) is 3.39. The van der Waals surface area contributed by atoms with E-state index in [1.807, 2.05) is 12.1 Å². The molecule has 86 valence electrons. The molecule has 2 rings (SSSR count). The molecule has 1 aliphatic heterocycles. The molecule has 1 saturated heterocycles. The van der Waals surface area contributed by atoms with E-state index in [2.05, 4.69) is 0 Å². The van der Waals surface area contributed by atoms with Crippen LogP contribution in [0.2, 0.25) is 0 Å². The summed E-state index contributed by atoms with van der Waals surface area (Å²) < 4.78 is 10.2. The van der Waals surface area contributed by atoms with Crippen LogP contribution in [0.4, 0.5) is 0 Å². The number of ether oxygens (including phenoxy) is 2. The Bertz CT molecular complexity index is 388. The van der Waals surface area contributed by atoms with Gasteiger partial charge in [0.05, 0.1) is 26.4 Å². The van der Waals surface area contributed by atoms with Crippen LogP contribution in [0.25, 0.3) is 0 Å². The molecule has 1 aromatic carbocycles. The fraction of sp³-hybridized carbons (Fsp3) is 0.417. The lowest BCUT2D eigenvalue weighted by atomic mass is 10.1. The van der Waals surface area contributed by atoms with Crippen molar-refractivity contribution in [1.82, 2.24) is 4.90 Å². The first-order valence-corrected chi connectivity index (χ1v) is 5.21. The van der Waals surface area contributed by atoms with E-state index in [1.54, 1.807) is 31.2 Å². The monoisotopic (exact) mass is 221 g/mol. The maximum Gasteiger partial charge on any atom is 0.254 e. The SMILES string of the molecule is COc1cccc(C(=O)N(C)C2COC2)c1. The number of carbonyl (C=O) groups is 1. The number of rotatable bonds is 3. The number of hydrogen-bond acceptors (Lipinski definition) is 3. The highest BCUT2D eigenvalue weighted by atomic mass is 16.5. The van der Waals surface area contributed by atoms with E-state index in [0.717, 1.165) is 0 Å². The molecule has 16 heavy (non-hydrogen) atoms. The van der Waals surface area contributed by atoms with Crippen molar-refractivity contribution < 1.29 is 14.3 Å². The van der Waals surface area contributed by atoms with Crippen LogP contribution in [0.15, 0.2) is 24.3 Å². The van der Waals surface area contributed by atoms with Crippen LogP contribution in [0.5, 0.6) is 5.75 Å². The minimum Gasteiger partial charge on any atom is -0.497 e. The van der Waals surface area contributed by atoms with Gasteiger partial charge in [0.15, 0.2) is 0 Å². The second-order valence-corrected chi connectivity index (χ2v) is 3.84. The Hall–Kier alpha value is -1.55. The molecule has 1 aliphatic rings. The molecule has 0 saturated carbocycles. The van der Waals surface area contributed by atoms with Crippen molar-refractivity contribution in [3.8, 4) is 5.75 Å². The summed E-state index contributed by atoms with van der Waals surface area (Å²) in [4.78, 5) is 13.8. The summed E-state index contributed by atoms with van der Waals surface area (Å²) in [5.74, 6) is 0.705. The average Bonchev–Trinajstić information content (AvgIpc) is 2.25. The lowest BCUT2D eigenvalue weighted by molar-refractivity contribution is -0.0467. The van der Waals surface area contributed by atoms with Crippen LogP contribution < -0.4 is 4.74 Å². The summed E-state index contributed by atoms with van der Waals surface area (Å²) in [6.45, 7) is 1.26. The summed E-state index contributed by atoms with van der Waals surface area (Å²) in [6, 6.07) is 7.39. The lowest BCUT2D eigenvalue weighted by Gasteiger charge is -2.34. The van der Waals surface area contributed by atoms with Gasteiger partial charge in [-0.1, -0.05) is 6.07 Å². The summed E-state index contributed by atoms with van der Waals surface area (Å²) in [5, 5.41) is 0. The largest absolute Gasteiger partial charge is 0.497 e. The molecule has 1 heterocycles. The van der Waals surface area contributed by atoms with Gasteiger partial charge in [-0.3, -0.25) is 4.79 Å². The minimum atomic E-state index is 0.00667. The van der Waals surface area contributed by atoms with Crippen molar-refractivity contribution >= 4 is 5.91 Å². The van der Waals surface area contributed by atoms with Gasteiger partial charge in [0, 0.05) is 12.6 Å². The Labute approximate surface area is 94.8 Å². The highest BCUT2D eigenvalue weighted by molar-refractivity contribution is 5.94. The maximum atomic E-state index is 12.1. The highest BCUT2D eigenvalue weighted by Crippen LogP contribution is 2.16. The molecule has 0 unspecified atom stereocenters. The number of carbonyl (C=O) groups excluding carboxylic acids is 1. The molecule has 1 fully saturated rings. The van der Waals surface area contributed by atoms with E-state index in [9.17, 15) is 4.79 Å². The predicted octanol–water partition coefficient (Wildman–Crippen LogP) is 1.17. The van der Waals surface area contributed by atoms with Gasteiger partial charge in [-0.15, -0.1) is 0 Å². The zero-order valence-electron chi connectivity index (χ0n) is 9.47. The third-order valence-corrected chi connectivity index (χ3v) is 2.81. The molecule has 4 nitrogen and oxygen atoms in total. The third-order valence-electron chi connectivity index (χ3n) is 2.81. The van der Waals surface area contributed by atoms with Crippen molar-refractivity contribution in [2.45, 2.75) is 6.04 Å². The second-order valence-electron chi connectivity index (χ2n) is 3.84. The van der Waals surface area contributed by atoms with Gasteiger partial charge in [-0.2, -0.15) is 0 Å². The van der Waals surface area contributed by atoms with Crippen LogP contribution in [-0.2, 0) is 4.74 Å². The van der Waals surface area contributed by atoms with Gasteiger partial charge in [-0.25, -0.2) is 0 Å². The molecule has 4 heteroatoms. The average molecular weight is 221 g/mol. The zero-order chi connectivity index (χ0) is 11.5. The van der Waals surface area contributed by atoms with Crippen molar-refractivity contribution in [3.05, 3.63) is 29.8 Å². The topological polar surface area (TPSA) is 38.8 Å². The lowest BCUT2D eigenvalue weighted by Crippen LogP contribution is -2.49. The molecule has 0 aliphatic carbocycles. The van der Waals surface area contributed by atoms with Crippen molar-refractivity contribution in [2.75, 3.05) is 27.4 Å². The Balaban J connectivity index is 2.12. The first-order chi connectivity index (χ1) is 7.72. The smallest absolute Gasteiger partial charge is 0.254 e. The maximum absolute atomic E-state index is 12.1. The standard InChI is InChI=1S/C12H15NO3/c1-13(10-7-16-8-10)12(14)9-4-3-5-11(6-9)15-2/h3-6,10H,7-8H2,1-2H3. The number of nitrogens with zero attached hydrogens (tertiary/aromatic N) is 1. The van der Waals surface area contributed by atoms with E-state index in [1.165, 1.54) is 0 Å². The van der Waals surface area contributed by atoms with Crippen LogP contribution in [0.1, 0.15) is 10.4 Å². The third kappa shape index (κ3) is 2.02. The minimum absolute atomic E-state index is 0.00667. The summed E-state index contributed by atoms with van der Waals surface area (Å²) >= 11 is 0. The molecule has 0 bridgehead atoms. The predicted molar refractivity (Wildman–Crippen MR) is 59.7 cm³/mol. The Kier molecular flexibility index (Phi) is 3.10. The zero-order valence-corrected chi connectivity index (χ0v) is 9.47. The molecule has 0 atom stereocenters. The molecule has 0 aromatic heterocycles.